The maximum atomic E-state index is 11.0. The summed E-state index contributed by atoms with van der Waals surface area (Å²) in [4.78, 5) is 11.0. The van der Waals surface area contributed by atoms with Gasteiger partial charge in [-0.2, -0.15) is 0 Å². The van der Waals surface area contributed by atoms with E-state index in [1.807, 2.05) is 28.8 Å². The van der Waals surface area contributed by atoms with Gasteiger partial charge in [0.05, 0.1) is 12.9 Å². The van der Waals surface area contributed by atoms with E-state index >= 15 is 0 Å². The fourth-order valence-electron chi connectivity index (χ4n) is 2.31. The summed E-state index contributed by atoms with van der Waals surface area (Å²) in [5.41, 5.74) is 5.84. The smallest absolute Gasteiger partial charge is 0.227 e. The Labute approximate surface area is 142 Å². The van der Waals surface area contributed by atoms with Gasteiger partial charge in [-0.3, -0.25) is 9.36 Å². The van der Waals surface area contributed by atoms with E-state index in [0.717, 1.165) is 5.39 Å². The van der Waals surface area contributed by atoms with Crippen molar-refractivity contribution < 1.29 is 13.9 Å². The number of nitrogens with zero attached hydrogens (tertiary/aromatic N) is 3. The van der Waals surface area contributed by atoms with Gasteiger partial charge in [0, 0.05) is 11.9 Å². The SMILES string of the molecule is C=CCn1c(SCC(N)=O)nnc1-c1cc2cccc(OC)c2o1. The Morgan fingerprint density at radius 1 is 1.50 bits per heavy atom. The summed E-state index contributed by atoms with van der Waals surface area (Å²) in [6.45, 7) is 4.23. The molecule has 1 amide bonds. The standard InChI is InChI=1S/C16H16N4O3S/c1-3-7-20-15(18-19-16(20)24-9-13(17)21)12-8-10-5-4-6-11(22-2)14(10)23-12/h3-6,8H,1,7,9H2,2H3,(H2,17,21). The number of fused-ring (bicyclic) bond motifs is 1. The second kappa shape index (κ2) is 6.79. The van der Waals surface area contributed by atoms with Crippen molar-refractivity contribution in [2.45, 2.75) is 11.7 Å². The quantitative estimate of drug-likeness (QED) is 0.522. The molecule has 7 nitrogen and oxygen atoms in total. The van der Waals surface area contributed by atoms with Crippen LogP contribution in [-0.4, -0.2) is 33.5 Å². The first-order chi connectivity index (χ1) is 11.6. The van der Waals surface area contributed by atoms with E-state index in [1.165, 1.54) is 11.8 Å². The zero-order valence-electron chi connectivity index (χ0n) is 13.1. The van der Waals surface area contributed by atoms with Crippen LogP contribution < -0.4 is 10.5 Å². The lowest BCUT2D eigenvalue weighted by atomic mass is 10.2. The number of ether oxygens (including phenoxy) is 1. The zero-order valence-corrected chi connectivity index (χ0v) is 13.9. The molecule has 2 N–H and O–H groups in total. The molecule has 3 aromatic rings. The molecule has 0 aliphatic rings. The number of methoxy groups -OCH3 is 1. The summed E-state index contributed by atoms with van der Waals surface area (Å²) in [6, 6.07) is 7.53. The Balaban J connectivity index is 2.05. The third-order valence-corrected chi connectivity index (χ3v) is 4.31. The van der Waals surface area contributed by atoms with Crippen molar-refractivity contribution in [2.75, 3.05) is 12.9 Å². The first-order valence-corrected chi connectivity index (χ1v) is 8.14. The van der Waals surface area contributed by atoms with Gasteiger partial charge in [-0.05, 0) is 12.1 Å². The van der Waals surface area contributed by atoms with Gasteiger partial charge in [0.1, 0.15) is 0 Å². The van der Waals surface area contributed by atoms with Crippen molar-refractivity contribution in [3.05, 3.63) is 36.9 Å². The highest BCUT2D eigenvalue weighted by Gasteiger charge is 2.18. The van der Waals surface area contributed by atoms with Gasteiger partial charge in [-0.1, -0.05) is 30.0 Å². The van der Waals surface area contributed by atoms with E-state index in [0.29, 0.717) is 34.6 Å². The summed E-state index contributed by atoms with van der Waals surface area (Å²) < 4.78 is 13.1. The molecule has 2 heterocycles. The van der Waals surface area contributed by atoms with Crippen molar-refractivity contribution in [2.24, 2.45) is 5.73 Å². The first kappa shape index (κ1) is 16.1. The molecule has 0 saturated heterocycles. The van der Waals surface area contributed by atoms with Crippen LogP contribution in [0.4, 0.5) is 0 Å². The van der Waals surface area contributed by atoms with Crippen LogP contribution in [0.1, 0.15) is 0 Å². The maximum absolute atomic E-state index is 11.0. The predicted octanol–water partition coefficient (Wildman–Crippen LogP) is 2.46. The number of primary amides is 1. The van der Waals surface area contributed by atoms with Gasteiger partial charge < -0.3 is 14.9 Å². The van der Waals surface area contributed by atoms with Crippen LogP contribution in [0.2, 0.25) is 0 Å². The predicted molar refractivity (Wildman–Crippen MR) is 91.9 cm³/mol. The zero-order chi connectivity index (χ0) is 17.1. The van der Waals surface area contributed by atoms with Crippen LogP contribution in [0.15, 0.2) is 46.5 Å². The van der Waals surface area contributed by atoms with Crippen molar-refractivity contribution in [1.29, 1.82) is 0 Å². The van der Waals surface area contributed by atoms with Gasteiger partial charge in [-0.25, -0.2) is 0 Å². The first-order valence-electron chi connectivity index (χ1n) is 7.16. The minimum Gasteiger partial charge on any atom is -0.493 e. The number of aromatic nitrogens is 3. The van der Waals surface area contributed by atoms with Crippen molar-refractivity contribution in [1.82, 2.24) is 14.8 Å². The molecule has 2 aromatic heterocycles. The number of hydrogen-bond donors (Lipinski definition) is 1. The van der Waals surface area contributed by atoms with E-state index < -0.39 is 5.91 Å². The molecule has 3 rings (SSSR count). The molecule has 0 radical (unpaired) electrons. The van der Waals surface area contributed by atoms with E-state index in [1.54, 1.807) is 13.2 Å². The summed E-state index contributed by atoms with van der Waals surface area (Å²) >= 11 is 1.23. The lowest BCUT2D eigenvalue weighted by Gasteiger charge is -2.05. The number of hydrogen-bond acceptors (Lipinski definition) is 6. The fourth-order valence-corrected chi connectivity index (χ4v) is 3.00. The fraction of sp³-hybridized carbons (Fsp3) is 0.188. The molecule has 0 atom stereocenters. The Hall–Kier alpha value is -2.74. The number of thioether (sulfide) groups is 1. The molecule has 24 heavy (non-hydrogen) atoms. The molecule has 0 aliphatic heterocycles. The highest BCUT2D eigenvalue weighted by molar-refractivity contribution is 7.99. The molecular formula is C16H16N4O3S. The number of amides is 1. The number of benzene rings is 1. The number of para-hydroxylation sites is 1. The third-order valence-electron chi connectivity index (χ3n) is 3.32. The van der Waals surface area contributed by atoms with Crippen LogP contribution in [0.3, 0.4) is 0 Å². The lowest BCUT2D eigenvalue weighted by Crippen LogP contribution is -2.13. The minimum atomic E-state index is -0.414. The summed E-state index contributed by atoms with van der Waals surface area (Å²) in [5.74, 6) is 1.48. The Kier molecular flexibility index (Phi) is 4.57. The number of carbonyl (C=O) groups is 1. The average Bonchev–Trinajstić information content (AvgIpc) is 3.16. The van der Waals surface area contributed by atoms with Gasteiger partial charge >= 0.3 is 0 Å². The normalized spacial score (nSPS) is 10.9. The molecular weight excluding hydrogens is 328 g/mol. The van der Waals surface area contributed by atoms with Gasteiger partial charge in [0.2, 0.25) is 11.7 Å². The van der Waals surface area contributed by atoms with Crippen molar-refractivity contribution >= 4 is 28.6 Å². The van der Waals surface area contributed by atoms with Gasteiger partial charge in [-0.15, -0.1) is 16.8 Å². The molecule has 124 valence electrons. The Bertz CT molecular complexity index is 900. The molecule has 0 unspecified atom stereocenters. The molecule has 0 bridgehead atoms. The number of carbonyl (C=O) groups excluding carboxylic acids is 1. The van der Waals surface area contributed by atoms with Crippen molar-refractivity contribution in [3.63, 3.8) is 0 Å². The largest absolute Gasteiger partial charge is 0.493 e. The molecule has 1 aromatic carbocycles. The van der Waals surface area contributed by atoms with Crippen LogP contribution >= 0.6 is 11.8 Å². The second-order valence-electron chi connectivity index (χ2n) is 4.95. The minimum absolute atomic E-state index is 0.128. The molecule has 0 aliphatic carbocycles. The molecule has 0 fully saturated rings. The lowest BCUT2D eigenvalue weighted by molar-refractivity contribution is -0.115. The third kappa shape index (κ3) is 3.00. The van der Waals surface area contributed by atoms with E-state index in [-0.39, 0.29) is 5.75 Å². The molecule has 0 spiro atoms. The average molecular weight is 344 g/mol. The maximum Gasteiger partial charge on any atom is 0.227 e. The Morgan fingerprint density at radius 2 is 2.33 bits per heavy atom. The molecule has 8 heteroatoms. The number of furan rings is 1. The second-order valence-corrected chi connectivity index (χ2v) is 5.89. The number of nitrogens with two attached hydrogens (primary N) is 1. The monoisotopic (exact) mass is 344 g/mol. The highest BCUT2D eigenvalue weighted by Crippen LogP contribution is 2.33. The van der Waals surface area contributed by atoms with Crippen LogP contribution in [-0.2, 0) is 11.3 Å². The van der Waals surface area contributed by atoms with Crippen LogP contribution in [0.25, 0.3) is 22.6 Å². The van der Waals surface area contributed by atoms with E-state index in [4.69, 9.17) is 14.9 Å². The van der Waals surface area contributed by atoms with Crippen LogP contribution in [0, 0.1) is 0 Å². The number of rotatable bonds is 7. The summed E-state index contributed by atoms with van der Waals surface area (Å²) in [5, 5.41) is 9.80. The number of allylic oxidation sites excluding steroid dienone is 1. The molecule has 0 saturated carbocycles. The Morgan fingerprint density at radius 3 is 3.04 bits per heavy atom. The van der Waals surface area contributed by atoms with Gasteiger partial charge in [0.15, 0.2) is 22.2 Å². The van der Waals surface area contributed by atoms with E-state index in [2.05, 4.69) is 16.8 Å². The highest BCUT2D eigenvalue weighted by atomic mass is 32.2. The summed E-state index contributed by atoms with van der Waals surface area (Å²) in [6.07, 6.45) is 1.73. The van der Waals surface area contributed by atoms with Crippen LogP contribution in [0.5, 0.6) is 5.75 Å². The van der Waals surface area contributed by atoms with Gasteiger partial charge in [0.25, 0.3) is 0 Å². The van der Waals surface area contributed by atoms with E-state index in [9.17, 15) is 4.79 Å². The van der Waals surface area contributed by atoms with Crippen molar-refractivity contribution in [3.8, 4) is 17.3 Å². The summed E-state index contributed by atoms with van der Waals surface area (Å²) in [7, 11) is 1.59. The topological polar surface area (TPSA) is 96.2 Å².